The zero-order chi connectivity index (χ0) is 15.4. The summed E-state index contributed by atoms with van der Waals surface area (Å²) in [5, 5.41) is 2.98. The fraction of sp³-hybridized carbons (Fsp3) is 0.278. The normalized spacial score (nSPS) is 16.3. The van der Waals surface area contributed by atoms with E-state index in [0.717, 1.165) is 29.0 Å². The van der Waals surface area contributed by atoms with Crippen molar-refractivity contribution in [2.24, 2.45) is 5.92 Å². The van der Waals surface area contributed by atoms with E-state index in [1.165, 1.54) is 0 Å². The lowest BCUT2D eigenvalue weighted by Gasteiger charge is -2.24. The SMILES string of the molecule is COc1ccc(CNC(=O)[C@@H]2COc3ccccc3C2)cc1. The van der Waals surface area contributed by atoms with E-state index in [9.17, 15) is 4.79 Å². The smallest absolute Gasteiger partial charge is 0.227 e. The Labute approximate surface area is 130 Å². The quantitative estimate of drug-likeness (QED) is 0.943. The van der Waals surface area contributed by atoms with E-state index >= 15 is 0 Å². The van der Waals surface area contributed by atoms with E-state index in [1.807, 2.05) is 48.5 Å². The second kappa shape index (κ2) is 6.52. The number of hydrogen-bond acceptors (Lipinski definition) is 3. The molecule has 3 rings (SSSR count). The van der Waals surface area contributed by atoms with Crippen LogP contribution in [0, 0.1) is 5.92 Å². The Kier molecular flexibility index (Phi) is 4.28. The molecule has 0 radical (unpaired) electrons. The average Bonchev–Trinajstić information content (AvgIpc) is 2.59. The van der Waals surface area contributed by atoms with Crippen LogP contribution in [0.15, 0.2) is 48.5 Å². The summed E-state index contributed by atoms with van der Waals surface area (Å²) in [5.41, 5.74) is 2.14. The lowest BCUT2D eigenvalue weighted by Crippen LogP contribution is -2.37. The fourth-order valence-corrected chi connectivity index (χ4v) is 2.57. The molecule has 1 amide bonds. The van der Waals surface area contributed by atoms with E-state index in [0.29, 0.717) is 13.2 Å². The summed E-state index contributed by atoms with van der Waals surface area (Å²) in [5.74, 6) is 1.60. The summed E-state index contributed by atoms with van der Waals surface area (Å²) in [6.07, 6.45) is 0.727. The van der Waals surface area contributed by atoms with Crippen LogP contribution in [0.25, 0.3) is 0 Å². The Morgan fingerprint density at radius 1 is 1.23 bits per heavy atom. The summed E-state index contributed by atoms with van der Waals surface area (Å²) in [6, 6.07) is 15.6. The van der Waals surface area contributed by atoms with Crippen LogP contribution < -0.4 is 14.8 Å². The Hall–Kier alpha value is -2.49. The van der Waals surface area contributed by atoms with Gasteiger partial charge in [0.2, 0.25) is 5.91 Å². The van der Waals surface area contributed by atoms with Gasteiger partial charge >= 0.3 is 0 Å². The van der Waals surface area contributed by atoms with Crippen LogP contribution in [-0.4, -0.2) is 19.6 Å². The molecule has 0 aromatic heterocycles. The Bertz CT molecular complexity index is 652. The molecule has 1 N–H and O–H groups in total. The number of benzene rings is 2. The number of rotatable bonds is 4. The lowest BCUT2D eigenvalue weighted by molar-refractivity contribution is -0.126. The van der Waals surface area contributed by atoms with E-state index in [4.69, 9.17) is 9.47 Å². The molecule has 0 aliphatic carbocycles. The van der Waals surface area contributed by atoms with Gasteiger partial charge in [0.25, 0.3) is 0 Å². The Balaban J connectivity index is 1.56. The first-order chi connectivity index (χ1) is 10.8. The lowest BCUT2D eigenvalue weighted by atomic mass is 9.96. The maximum atomic E-state index is 12.3. The number of carbonyl (C=O) groups is 1. The number of amides is 1. The van der Waals surface area contributed by atoms with Crippen molar-refractivity contribution in [3.63, 3.8) is 0 Å². The third-order valence-corrected chi connectivity index (χ3v) is 3.88. The number of hydrogen-bond donors (Lipinski definition) is 1. The van der Waals surface area contributed by atoms with Gasteiger partial charge < -0.3 is 14.8 Å². The molecule has 0 unspecified atom stereocenters. The highest BCUT2D eigenvalue weighted by molar-refractivity contribution is 5.79. The molecule has 4 heteroatoms. The summed E-state index contributed by atoms with van der Waals surface area (Å²) < 4.78 is 10.8. The largest absolute Gasteiger partial charge is 0.497 e. The van der Waals surface area contributed by atoms with Crippen LogP contribution in [0.4, 0.5) is 0 Å². The number of ether oxygens (including phenoxy) is 2. The highest BCUT2D eigenvalue weighted by Crippen LogP contribution is 2.26. The summed E-state index contributed by atoms with van der Waals surface area (Å²) in [4.78, 5) is 12.3. The van der Waals surface area contributed by atoms with Crippen molar-refractivity contribution >= 4 is 5.91 Å². The molecule has 0 fully saturated rings. The topological polar surface area (TPSA) is 47.6 Å². The first kappa shape index (κ1) is 14.4. The van der Waals surface area contributed by atoms with Crippen molar-refractivity contribution in [3.8, 4) is 11.5 Å². The minimum atomic E-state index is -0.131. The Morgan fingerprint density at radius 2 is 2.00 bits per heavy atom. The number of para-hydroxylation sites is 1. The standard InChI is InChI=1S/C18H19NO3/c1-21-16-8-6-13(7-9-16)11-19-18(20)15-10-14-4-2-3-5-17(14)22-12-15/h2-9,15H,10-12H2,1H3,(H,19,20)/t15-/m0/s1. The van der Waals surface area contributed by atoms with Gasteiger partial charge in [-0.3, -0.25) is 4.79 Å². The maximum absolute atomic E-state index is 12.3. The predicted molar refractivity (Wildman–Crippen MR) is 84.0 cm³/mol. The Morgan fingerprint density at radius 3 is 2.77 bits per heavy atom. The number of methoxy groups -OCH3 is 1. The van der Waals surface area contributed by atoms with Crippen LogP contribution >= 0.6 is 0 Å². The van der Waals surface area contributed by atoms with E-state index in [-0.39, 0.29) is 11.8 Å². The molecule has 1 aliphatic heterocycles. The molecule has 2 aromatic carbocycles. The number of fused-ring (bicyclic) bond motifs is 1. The molecule has 22 heavy (non-hydrogen) atoms. The van der Waals surface area contributed by atoms with Crippen LogP contribution in [0.3, 0.4) is 0 Å². The monoisotopic (exact) mass is 297 g/mol. The van der Waals surface area contributed by atoms with Gasteiger partial charge in [0.05, 0.1) is 13.0 Å². The summed E-state index contributed by atoms with van der Waals surface area (Å²) in [6.45, 7) is 0.951. The van der Waals surface area contributed by atoms with E-state index < -0.39 is 0 Å². The summed E-state index contributed by atoms with van der Waals surface area (Å²) >= 11 is 0. The predicted octanol–water partition coefficient (Wildman–Crippen LogP) is 2.56. The van der Waals surface area contributed by atoms with Crippen molar-refractivity contribution in [2.75, 3.05) is 13.7 Å². The highest BCUT2D eigenvalue weighted by atomic mass is 16.5. The maximum Gasteiger partial charge on any atom is 0.227 e. The molecule has 1 heterocycles. The number of carbonyl (C=O) groups excluding carboxylic acids is 1. The molecular weight excluding hydrogens is 278 g/mol. The number of nitrogens with one attached hydrogen (secondary N) is 1. The van der Waals surface area contributed by atoms with Crippen molar-refractivity contribution in [1.82, 2.24) is 5.32 Å². The van der Waals surface area contributed by atoms with Gasteiger partial charge in [-0.2, -0.15) is 0 Å². The van der Waals surface area contributed by atoms with Crippen molar-refractivity contribution < 1.29 is 14.3 Å². The molecule has 1 aliphatic rings. The molecule has 4 nitrogen and oxygen atoms in total. The van der Waals surface area contributed by atoms with Crippen molar-refractivity contribution in [2.45, 2.75) is 13.0 Å². The van der Waals surface area contributed by atoms with Gasteiger partial charge in [0.1, 0.15) is 18.1 Å². The molecule has 114 valence electrons. The third kappa shape index (κ3) is 3.22. The van der Waals surface area contributed by atoms with Gasteiger partial charge in [-0.25, -0.2) is 0 Å². The van der Waals surface area contributed by atoms with Crippen molar-refractivity contribution in [3.05, 3.63) is 59.7 Å². The molecular formula is C18H19NO3. The first-order valence-corrected chi connectivity index (χ1v) is 7.37. The van der Waals surface area contributed by atoms with Crippen LogP contribution in [0.5, 0.6) is 11.5 Å². The van der Waals surface area contributed by atoms with Crippen LogP contribution in [0.1, 0.15) is 11.1 Å². The second-order valence-corrected chi connectivity index (χ2v) is 5.39. The third-order valence-electron chi connectivity index (χ3n) is 3.88. The molecule has 0 saturated heterocycles. The molecule has 1 atom stereocenters. The zero-order valence-electron chi connectivity index (χ0n) is 12.5. The molecule has 0 spiro atoms. The minimum Gasteiger partial charge on any atom is -0.497 e. The van der Waals surface area contributed by atoms with Crippen LogP contribution in [-0.2, 0) is 17.8 Å². The molecule has 0 saturated carbocycles. The fourth-order valence-electron chi connectivity index (χ4n) is 2.57. The average molecular weight is 297 g/mol. The van der Waals surface area contributed by atoms with Gasteiger partial charge in [-0.1, -0.05) is 30.3 Å². The zero-order valence-corrected chi connectivity index (χ0v) is 12.5. The second-order valence-electron chi connectivity index (χ2n) is 5.39. The molecule has 0 bridgehead atoms. The summed E-state index contributed by atoms with van der Waals surface area (Å²) in [7, 11) is 1.64. The van der Waals surface area contributed by atoms with Gasteiger partial charge in [-0.05, 0) is 35.7 Å². The van der Waals surface area contributed by atoms with Gasteiger partial charge in [0, 0.05) is 6.54 Å². The van der Waals surface area contributed by atoms with E-state index in [2.05, 4.69) is 5.32 Å². The van der Waals surface area contributed by atoms with Gasteiger partial charge in [0.15, 0.2) is 0 Å². The first-order valence-electron chi connectivity index (χ1n) is 7.37. The van der Waals surface area contributed by atoms with Gasteiger partial charge in [-0.15, -0.1) is 0 Å². The minimum absolute atomic E-state index is 0.0327. The highest BCUT2D eigenvalue weighted by Gasteiger charge is 2.25. The van der Waals surface area contributed by atoms with Crippen LogP contribution in [0.2, 0.25) is 0 Å². The van der Waals surface area contributed by atoms with Crippen molar-refractivity contribution in [1.29, 1.82) is 0 Å². The van der Waals surface area contributed by atoms with E-state index in [1.54, 1.807) is 7.11 Å². The molecule has 2 aromatic rings.